The molecule has 1 aromatic rings. The van der Waals surface area contributed by atoms with Crippen LogP contribution in [0.5, 0.6) is 0 Å². The second kappa shape index (κ2) is 2.19. The van der Waals surface area contributed by atoms with Crippen molar-refractivity contribution in [3.05, 3.63) is 17.7 Å². The fourth-order valence-corrected chi connectivity index (χ4v) is 1.58. The van der Waals surface area contributed by atoms with Crippen LogP contribution in [0.25, 0.3) is 0 Å². The van der Waals surface area contributed by atoms with E-state index in [1.807, 2.05) is 13.8 Å². The first-order chi connectivity index (χ1) is 5.61. The molecule has 1 aliphatic carbocycles. The Balaban J connectivity index is 2.49. The molecule has 0 aliphatic heterocycles. The lowest BCUT2D eigenvalue weighted by atomic mass is 9.77. The highest BCUT2D eigenvalue weighted by Crippen LogP contribution is 2.32. The van der Waals surface area contributed by atoms with Gasteiger partial charge >= 0.3 is 0 Å². The fraction of sp³-hybridized carbons (Fsp3) is 0.556. The molecule has 0 radical (unpaired) electrons. The predicted octanol–water partition coefficient (Wildman–Crippen LogP) is 1.56. The second-order valence-corrected chi connectivity index (χ2v) is 3.94. The minimum absolute atomic E-state index is 0.171. The number of carbonyl (C=O) groups excluding carboxylic acids is 1. The van der Waals surface area contributed by atoms with Gasteiger partial charge < -0.3 is 4.98 Å². The lowest BCUT2D eigenvalue weighted by molar-refractivity contribution is 0.0805. The van der Waals surface area contributed by atoms with Gasteiger partial charge in [-0.1, -0.05) is 13.8 Å². The van der Waals surface area contributed by atoms with Gasteiger partial charge in [-0.25, -0.2) is 4.98 Å². The number of imidazole rings is 1. The number of nitrogens with zero attached hydrogens (tertiary/aromatic N) is 1. The summed E-state index contributed by atoms with van der Waals surface area (Å²) in [4.78, 5) is 18.7. The smallest absolute Gasteiger partial charge is 0.188 e. The number of aryl methyl sites for hydroxylation is 1. The van der Waals surface area contributed by atoms with E-state index in [4.69, 9.17) is 0 Å². The Labute approximate surface area is 71.2 Å². The maximum absolute atomic E-state index is 11.7. The van der Waals surface area contributed by atoms with Crippen LogP contribution < -0.4 is 0 Å². The van der Waals surface area contributed by atoms with Gasteiger partial charge in [0.15, 0.2) is 5.78 Å². The molecule has 12 heavy (non-hydrogen) atoms. The van der Waals surface area contributed by atoms with Crippen molar-refractivity contribution >= 4 is 5.78 Å². The summed E-state index contributed by atoms with van der Waals surface area (Å²) in [5.41, 5.74) is 1.42. The van der Waals surface area contributed by atoms with Gasteiger partial charge in [0.25, 0.3) is 0 Å². The number of hydrogen-bond donors (Lipinski definition) is 1. The average molecular weight is 164 g/mol. The molecule has 3 nitrogen and oxygen atoms in total. The molecule has 1 heterocycles. The van der Waals surface area contributed by atoms with Gasteiger partial charge in [0.2, 0.25) is 0 Å². The Morgan fingerprint density at radius 3 is 3.08 bits per heavy atom. The summed E-state index contributed by atoms with van der Waals surface area (Å²) >= 11 is 0. The van der Waals surface area contributed by atoms with E-state index in [-0.39, 0.29) is 11.2 Å². The Bertz CT molecular complexity index is 325. The van der Waals surface area contributed by atoms with Crippen LogP contribution in [-0.2, 0) is 6.42 Å². The van der Waals surface area contributed by atoms with Crippen LogP contribution >= 0.6 is 0 Å². The summed E-state index contributed by atoms with van der Waals surface area (Å²) in [5.74, 6) is 0.171. The van der Waals surface area contributed by atoms with E-state index >= 15 is 0 Å². The van der Waals surface area contributed by atoms with Crippen LogP contribution in [0.2, 0.25) is 0 Å². The number of fused-ring (bicyclic) bond motifs is 1. The van der Waals surface area contributed by atoms with Crippen LogP contribution in [0, 0.1) is 5.41 Å². The van der Waals surface area contributed by atoms with E-state index in [9.17, 15) is 4.79 Å². The standard InChI is InChI=1S/C9H12N2O/c1-9(2)4-3-6-7(8(9)12)11-5-10-6/h5H,3-4H2,1-2H3,(H,10,11). The lowest BCUT2D eigenvalue weighted by Crippen LogP contribution is -2.30. The highest BCUT2D eigenvalue weighted by molar-refractivity contribution is 6.00. The molecule has 0 bridgehead atoms. The molecule has 0 fully saturated rings. The van der Waals surface area contributed by atoms with E-state index in [0.717, 1.165) is 18.5 Å². The van der Waals surface area contributed by atoms with Crippen LogP contribution in [0.4, 0.5) is 0 Å². The molecule has 0 spiro atoms. The van der Waals surface area contributed by atoms with Gasteiger partial charge in [0.05, 0.1) is 6.33 Å². The number of H-pyrrole nitrogens is 1. The minimum atomic E-state index is -0.220. The van der Waals surface area contributed by atoms with E-state index in [2.05, 4.69) is 9.97 Å². The zero-order valence-corrected chi connectivity index (χ0v) is 7.35. The number of ketones is 1. The number of rotatable bonds is 0. The average Bonchev–Trinajstić information content (AvgIpc) is 2.45. The van der Waals surface area contributed by atoms with Crippen molar-refractivity contribution in [1.29, 1.82) is 0 Å². The third-order valence-corrected chi connectivity index (χ3v) is 2.55. The van der Waals surface area contributed by atoms with Crippen molar-refractivity contribution in [2.45, 2.75) is 26.7 Å². The molecule has 0 unspecified atom stereocenters. The number of Topliss-reactive ketones (excluding diaryl/α,β-unsaturated/α-hetero) is 1. The first kappa shape index (κ1) is 7.53. The van der Waals surface area contributed by atoms with Gasteiger partial charge in [-0.05, 0) is 12.8 Å². The largest absolute Gasteiger partial charge is 0.348 e. The normalized spacial score (nSPS) is 20.7. The number of carbonyl (C=O) groups is 1. The van der Waals surface area contributed by atoms with Crippen molar-refractivity contribution in [3.63, 3.8) is 0 Å². The maximum Gasteiger partial charge on any atom is 0.188 e. The SMILES string of the molecule is CC1(C)CCc2[nH]cnc2C1=O. The second-order valence-electron chi connectivity index (χ2n) is 3.94. The van der Waals surface area contributed by atoms with Crippen molar-refractivity contribution in [1.82, 2.24) is 9.97 Å². The third-order valence-electron chi connectivity index (χ3n) is 2.55. The van der Waals surface area contributed by atoms with Crippen molar-refractivity contribution in [2.24, 2.45) is 5.41 Å². The first-order valence-electron chi connectivity index (χ1n) is 4.18. The minimum Gasteiger partial charge on any atom is -0.348 e. The quantitative estimate of drug-likeness (QED) is 0.632. The topological polar surface area (TPSA) is 45.8 Å². The zero-order valence-electron chi connectivity index (χ0n) is 7.35. The summed E-state index contributed by atoms with van der Waals surface area (Å²) in [6.07, 6.45) is 3.46. The molecule has 0 atom stereocenters. The van der Waals surface area contributed by atoms with Gasteiger partial charge in [0, 0.05) is 11.1 Å². The van der Waals surface area contributed by atoms with Crippen LogP contribution in [0.15, 0.2) is 6.33 Å². The monoisotopic (exact) mass is 164 g/mol. The van der Waals surface area contributed by atoms with Gasteiger partial charge in [0.1, 0.15) is 5.69 Å². The molecular weight excluding hydrogens is 152 g/mol. The predicted molar refractivity (Wildman–Crippen MR) is 45.0 cm³/mol. The number of nitrogens with one attached hydrogen (secondary N) is 1. The van der Waals surface area contributed by atoms with Gasteiger partial charge in [-0.15, -0.1) is 0 Å². The molecule has 2 rings (SSSR count). The number of aromatic nitrogens is 2. The molecular formula is C9H12N2O. The molecule has 0 amide bonds. The van der Waals surface area contributed by atoms with E-state index in [0.29, 0.717) is 5.69 Å². The number of hydrogen-bond acceptors (Lipinski definition) is 2. The summed E-state index contributed by atoms with van der Waals surface area (Å²) < 4.78 is 0. The molecule has 1 aliphatic rings. The molecule has 64 valence electrons. The Morgan fingerprint density at radius 1 is 1.58 bits per heavy atom. The molecule has 1 N–H and O–H groups in total. The van der Waals surface area contributed by atoms with Crippen LogP contribution in [0.1, 0.15) is 36.5 Å². The molecule has 1 aromatic heterocycles. The zero-order chi connectivity index (χ0) is 8.77. The Morgan fingerprint density at radius 2 is 2.33 bits per heavy atom. The van der Waals surface area contributed by atoms with Crippen LogP contribution in [0.3, 0.4) is 0 Å². The van der Waals surface area contributed by atoms with Crippen LogP contribution in [-0.4, -0.2) is 15.8 Å². The molecule has 3 heteroatoms. The van der Waals surface area contributed by atoms with E-state index in [1.54, 1.807) is 6.33 Å². The first-order valence-corrected chi connectivity index (χ1v) is 4.18. The van der Waals surface area contributed by atoms with Crippen molar-refractivity contribution in [2.75, 3.05) is 0 Å². The van der Waals surface area contributed by atoms with Crippen molar-refractivity contribution in [3.8, 4) is 0 Å². The number of aromatic amines is 1. The highest BCUT2D eigenvalue weighted by Gasteiger charge is 2.35. The third kappa shape index (κ3) is 0.891. The maximum atomic E-state index is 11.7. The Kier molecular flexibility index (Phi) is 1.37. The molecule has 0 aromatic carbocycles. The molecule has 0 saturated heterocycles. The fourth-order valence-electron chi connectivity index (χ4n) is 1.58. The lowest BCUT2D eigenvalue weighted by Gasteiger charge is -2.26. The van der Waals surface area contributed by atoms with Crippen molar-refractivity contribution < 1.29 is 4.79 Å². The van der Waals surface area contributed by atoms with E-state index < -0.39 is 0 Å². The molecule has 0 saturated carbocycles. The summed E-state index contributed by atoms with van der Waals surface area (Å²) in [6, 6.07) is 0. The summed E-state index contributed by atoms with van der Waals surface area (Å²) in [5, 5.41) is 0. The highest BCUT2D eigenvalue weighted by atomic mass is 16.1. The summed E-state index contributed by atoms with van der Waals surface area (Å²) in [6.45, 7) is 3.96. The van der Waals surface area contributed by atoms with Gasteiger partial charge in [-0.3, -0.25) is 4.79 Å². The van der Waals surface area contributed by atoms with E-state index in [1.165, 1.54) is 0 Å². The Hall–Kier alpha value is -1.12. The van der Waals surface area contributed by atoms with Gasteiger partial charge in [-0.2, -0.15) is 0 Å². The summed E-state index contributed by atoms with van der Waals surface area (Å²) in [7, 11) is 0.